The Kier molecular flexibility index (Phi) is 4.93. The SMILES string of the molecule is CC1=NN(c2ccccc2)C(=O)/C1=C\C1C(=O)N(c2ccc(C)cc2)C(=O)NC1O. The highest BCUT2D eigenvalue weighted by molar-refractivity contribution is 6.30. The average Bonchev–Trinajstić information content (AvgIpc) is 3.01. The second kappa shape index (κ2) is 7.57. The number of urea groups is 1. The highest BCUT2D eigenvalue weighted by Gasteiger charge is 2.41. The Morgan fingerprint density at radius 3 is 2.30 bits per heavy atom. The van der Waals surface area contributed by atoms with Gasteiger partial charge >= 0.3 is 6.03 Å². The normalized spacial score (nSPS) is 23.1. The van der Waals surface area contributed by atoms with Crippen molar-refractivity contribution in [2.75, 3.05) is 9.91 Å². The molecule has 0 aliphatic carbocycles. The number of nitrogens with zero attached hydrogens (tertiary/aromatic N) is 3. The highest BCUT2D eigenvalue weighted by Crippen LogP contribution is 2.28. The molecule has 2 atom stereocenters. The first-order valence-corrected chi connectivity index (χ1v) is 9.43. The van der Waals surface area contributed by atoms with E-state index >= 15 is 0 Å². The van der Waals surface area contributed by atoms with Gasteiger partial charge in [-0.25, -0.2) is 9.69 Å². The van der Waals surface area contributed by atoms with Crippen molar-refractivity contribution in [3.8, 4) is 0 Å². The van der Waals surface area contributed by atoms with E-state index in [9.17, 15) is 19.5 Å². The Labute approximate surface area is 173 Å². The Morgan fingerprint density at radius 2 is 1.63 bits per heavy atom. The molecule has 4 rings (SSSR count). The van der Waals surface area contributed by atoms with E-state index in [4.69, 9.17) is 0 Å². The molecular weight excluding hydrogens is 384 g/mol. The molecule has 152 valence electrons. The minimum absolute atomic E-state index is 0.205. The summed E-state index contributed by atoms with van der Waals surface area (Å²) >= 11 is 0. The number of nitrogens with one attached hydrogen (secondary N) is 1. The number of carbonyl (C=O) groups excluding carboxylic acids is 3. The predicted molar refractivity (Wildman–Crippen MR) is 112 cm³/mol. The van der Waals surface area contributed by atoms with Crippen LogP contribution in [0.25, 0.3) is 0 Å². The molecule has 2 aromatic rings. The molecule has 4 amide bonds. The average molecular weight is 404 g/mol. The minimum Gasteiger partial charge on any atom is -0.372 e. The quantitative estimate of drug-likeness (QED) is 0.767. The Morgan fingerprint density at radius 1 is 0.967 bits per heavy atom. The third-order valence-electron chi connectivity index (χ3n) is 5.02. The summed E-state index contributed by atoms with van der Waals surface area (Å²) in [7, 11) is 0. The third-order valence-corrected chi connectivity index (χ3v) is 5.02. The van der Waals surface area contributed by atoms with Gasteiger partial charge in [-0.2, -0.15) is 10.1 Å². The van der Waals surface area contributed by atoms with Crippen LogP contribution in [0.3, 0.4) is 0 Å². The molecule has 0 aromatic heterocycles. The summed E-state index contributed by atoms with van der Waals surface area (Å²) in [6.07, 6.45) is -0.0804. The second-order valence-electron chi connectivity index (χ2n) is 7.15. The van der Waals surface area contributed by atoms with Gasteiger partial charge < -0.3 is 10.4 Å². The van der Waals surface area contributed by atoms with E-state index in [0.29, 0.717) is 17.1 Å². The molecule has 1 saturated heterocycles. The number of hydrogen-bond acceptors (Lipinski definition) is 5. The first-order valence-electron chi connectivity index (χ1n) is 9.43. The number of aliphatic hydroxyl groups excluding tert-OH is 1. The van der Waals surface area contributed by atoms with Gasteiger partial charge in [-0.05, 0) is 38.1 Å². The van der Waals surface area contributed by atoms with E-state index in [1.165, 1.54) is 11.1 Å². The molecule has 0 bridgehead atoms. The first kappa shape index (κ1) is 19.5. The van der Waals surface area contributed by atoms with E-state index in [0.717, 1.165) is 10.5 Å². The third kappa shape index (κ3) is 3.37. The maximum atomic E-state index is 13.1. The number of aliphatic hydroxyl groups is 1. The smallest absolute Gasteiger partial charge is 0.330 e. The van der Waals surface area contributed by atoms with Crippen molar-refractivity contribution in [2.45, 2.75) is 20.1 Å². The molecule has 8 nitrogen and oxygen atoms in total. The minimum atomic E-state index is -1.45. The highest BCUT2D eigenvalue weighted by atomic mass is 16.3. The lowest BCUT2D eigenvalue weighted by molar-refractivity contribution is -0.124. The van der Waals surface area contributed by atoms with Crippen LogP contribution < -0.4 is 15.2 Å². The van der Waals surface area contributed by atoms with E-state index in [2.05, 4.69) is 10.4 Å². The lowest BCUT2D eigenvalue weighted by atomic mass is 9.97. The van der Waals surface area contributed by atoms with Crippen molar-refractivity contribution in [3.05, 3.63) is 71.8 Å². The van der Waals surface area contributed by atoms with Crippen LogP contribution in [-0.4, -0.2) is 34.9 Å². The standard InChI is InChI=1S/C22H20N4O4/c1-13-8-10-15(11-9-13)25-20(28)18(19(27)23-22(25)30)12-17-14(2)24-26(21(17)29)16-6-4-3-5-7-16/h3-12,18-19,27H,1-2H3,(H,23,30)/b17-12-. The lowest BCUT2D eigenvalue weighted by Gasteiger charge is -2.33. The molecule has 2 heterocycles. The van der Waals surface area contributed by atoms with Crippen LogP contribution in [0.5, 0.6) is 0 Å². The topological polar surface area (TPSA) is 102 Å². The van der Waals surface area contributed by atoms with Crippen LogP contribution in [0.15, 0.2) is 71.3 Å². The largest absolute Gasteiger partial charge is 0.372 e. The van der Waals surface area contributed by atoms with Gasteiger partial charge in [0.1, 0.15) is 12.1 Å². The fourth-order valence-electron chi connectivity index (χ4n) is 3.40. The zero-order chi connectivity index (χ0) is 21.4. The number of amides is 4. The summed E-state index contributed by atoms with van der Waals surface area (Å²) < 4.78 is 0. The number of imide groups is 1. The molecule has 2 aromatic carbocycles. The molecule has 2 unspecified atom stereocenters. The number of carbonyl (C=O) groups is 3. The Bertz CT molecular complexity index is 1080. The molecule has 1 fully saturated rings. The van der Waals surface area contributed by atoms with Crippen molar-refractivity contribution in [2.24, 2.45) is 11.0 Å². The Balaban J connectivity index is 1.66. The first-order chi connectivity index (χ1) is 14.4. The van der Waals surface area contributed by atoms with Gasteiger partial charge in [0.15, 0.2) is 0 Å². The second-order valence-corrected chi connectivity index (χ2v) is 7.15. The monoisotopic (exact) mass is 404 g/mol. The van der Waals surface area contributed by atoms with Crippen LogP contribution in [0, 0.1) is 12.8 Å². The van der Waals surface area contributed by atoms with Gasteiger partial charge in [-0.15, -0.1) is 0 Å². The summed E-state index contributed by atoms with van der Waals surface area (Å²) in [4.78, 5) is 39.3. The van der Waals surface area contributed by atoms with Crippen LogP contribution in [0.1, 0.15) is 12.5 Å². The van der Waals surface area contributed by atoms with Gasteiger partial charge in [-0.1, -0.05) is 42.0 Å². The molecular formula is C22H20N4O4. The van der Waals surface area contributed by atoms with Crippen molar-refractivity contribution in [1.82, 2.24) is 5.32 Å². The number of aryl methyl sites for hydroxylation is 1. The van der Waals surface area contributed by atoms with Crippen molar-refractivity contribution in [3.63, 3.8) is 0 Å². The zero-order valence-corrected chi connectivity index (χ0v) is 16.4. The van der Waals surface area contributed by atoms with Crippen molar-refractivity contribution in [1.29, 1.82) is 0 Å². The fourth-order valence-corrected chi connectivity index (χ4v) is 3.40. The summed E-state index contributed by atoms with van der Waals surface area (Å²) in [6.45, 7) is 3.55. The molecule has 2 aliphatic heterocycles. The molecule has 30 heavy (non-hydrogen) atoms. The van der Waals surface area contributed by atoms with E-state index in [1.807, 2.05) is 13.0 Å². The van der Waals surface area contributed by atoms with Crippen LogP contribution >= 0.6 is 0 Å². The van der Waals surface area contributed by atoms with Crippen LogP contribution in [0.4, 0.5) is 16.2 Å². The van der Waals surface area contributed by atoms with Crippen LogP contribution in [0.2, 0.25) is 0 Å². The number of rotatable bonds is 3. The lowest BCUT2D eigenvalue weighted by Crippen LogP contribution is -2.60. The molecule has 2 N–H and O–H groups in total. The zero-order valence-electron chi connectivity index (χ0n) is 16.4. The number of benzene rings is 2. The molecule has 0 radical (unpaired) electrons. The summed E-state index contributed by atoms with van der Waals surface area (Å²) in [5, 5.41) is 18.3. The number of anilines is 2. The number of hydrazone groups is 1. The Hall–Kier alpha value is -3.78. The van der Waals surface area contributed by atoms with Crippen molar-refractivity contribution >= 4 is 34.9 Å². The van der Waals surface area contributed by atoms with Gasteiger partial charge in [-0.3, -0.25) is 9.59 Å². The fraction of sp³-hybridized carbons (Fsp3) is 0.182. The van der Waals surface area contributed by atoms with Gasteiger partial charge in [0.2, 0.25) is 5.91 Å². The predicted octanol–water partition coefficient (Wildman–Crippen LogP) is 2.33. The molecule has 2 aliphatic rings. The van der Waals surface area contributed by atoms with Crippen LogP contribution in [-0.2, 0) is 9.59 Å². The summed E-state index contributed by atoms with van der Waals surface area (Å²) in [6, 6.07) is 15.1. The summed E-state index contributed by atoms with van der Waals surface area (Å²) in [5.74, 6) is -2.16. The molecule has 8 heteroatoms. The van der Waals surface area contributed by atoms with Gasteiger partial charge in [0.25, 0.3) is 5.91 Å². The molecule has 0 saturated carbocycles. The molecule has 0 spiro atoms. The number of para-hydroxylation sites is 1. The van der Waals surface area contributed by atoms with Gasteiger partial charge in [0, 0.05) is 0 Å². The van der Waals surface area contributed by atoms with Crippen molar-refractivity contribution < 1.29 is 19.5 Å². The van der Waals surface area contributed by atoms with E-state index < -0.39 is 30.0 Å². The number of hydrogen-bond donors (Lipinski definition) is 2. The van der Waals surface area contributed by atoms with E-state index in [1.54, 1.807) is 55.5 Å². The van der Waals surface area contributed by atoms with Gasteiger partial charge in [0.05, 0.1) is 22.7 Å². The van der Waals surface area contributed by atoms with E-state index in [-0.39, 0.29) is 5.57 Å². The summed E-state index contributed by atoms with van der Waals surface area (Å²) in [5.41, 5.74) is 2.58. The maximum absolute atomic E-state index is 13.1. The maximum Gasteiger partial charge on any atom is 0.330 e.